The number of rotatable bonds is 3. The molecule has 4 nitrogen and oxygen atoms in total. The van der Waals surface area contributed by atoms with E-state index in [-0.39, 0.29) is 11.6 Å². The van der Waals surface area contributed by atoms with Crippen molar-refractivity contribution in [3.63, 3.8) is 0 Å². The first-order valence-electron chi connectivity index (χ1n) is 5.44. The van der Waals surface area contributed by atoms with E-state index in [9.17, 15) is 5.11 Å². The number of phenols is 1. The predicted molar refractivity (Wildman–Crippen MR) is 77.9 cm³/mol. The van der Waals surface area contributed by atoms with Crippen LogP contribution in [-0.2, 0) is 0 Å². The number of nitrogens with two attached hydrogens (primary N) is 3. The summed E-state index contributed by atoms with van der Waals surface area (Å²) in [6.45, 7) is 3.66. The van der Waals surface area contributed by atoms with Crippen molar-refractivity contribution < 1.29 is 5.11 Å². The molecule has 0 fully saturated rings. The molecule has 1 rings (SSSR count). The topological polar surface area (TPSA) is 98.3 Å². The average Bonchev–Trinajstić information content (AvgIpc) is 2.31. The first-order valence-corrected chi connectivity index (χ1v) is 6.66. The molecule has 0 aliphatic carbocycles. The lowest BCUT2D eigenvalue weighted by Crippen LogP contribution is -2.09. The van der Waals surface area contributed by atoms with Gasteiger partial charge in [-0.25, -0.2) is 0 Å². The lowest BCUT2D eigenvalue weighted by molar-refractivity contribution is 0.467. The van der Waals surface area contributed by atoms with Crippen LogP contribution in [-0.4, -0.2) is 11.4 Å². The number of phenolic OH excluding ortho intramolecular Hbond substituents is 1. The number of hydrogen-bond acceptors (Lipinski definition) is 5. The third kappa shape index (κ3) is 2.92. The molecule has 7 N–H and O–H groups in total. The van der Waals surface area contributed by atoms with Crippen LogP contribution in [0.25, 0.3) is 5.70 Å². The molecule has 0 saturated carbocycles. The van der Waals surface area contributed by atoms with E-state index in [1.807, 2.05) is 19.2 Å². The molecular weight excluding hydrogens is 246 g/mol. The Morgan fingerprint density at radius 3 is 2.39 bits per heavy atom. The van der Waals surface area contributed by atoms with Gasteiger partial charge in [0.15, 0.2) is 0 Å². The summed E-state index contributed by atoms with van der Waals surface area (Å²) in [7, 11) is 0. The van der Waals surface area contributed by atoms with Crippen molar-refractivity contribution >= 4 is 17.5 Å². The smallest absolute Gasteiger partial charge is 0.128 e. The minimum Gasteiger partial charge on any atom is -0.507 e. The van der Waals surface area contributed by atoms with Gasteiger partial charge in [-0.05, 0) is 43.9 Å². The number of allylic oxidation sites excluding steroid dienone is 2. The van der Waals surface area contributed by atoms with Crippen molar-refractivity contribution in [3.8, 4) is 5.75 Å². The SMILES string of the molecule is CSc1ccc(/C(N)=C(\C)C=C(N)N)c(O)c1C. The summed E-state index contributed by atoms with van der Waals surface area (Å²) in [6, 6.07) is 3.73. The quantitative estimate of drug-likeness (QED) is 0.494. The predicted octanol–water partition coefficient (Wildman–Crippen LogP) is 1.87. The van der Waals surface area contributed by atoms with E-state index in [1.54, 1.807) is 30.8 Å². The van der Waals surface area contributed by atoms with Crippen LogP contribution in [0.15, 0.2) is 34.5 Å². The van der Waals surface area contributed by atoms with Crippen molar-refractivity contribution in [2.45, 2.75) is 18.7 Å². The average molecular weight is 265 g/mol. The van der Waals surface area contributed by atoms with Gasteiger partial charge in [-0.15, -0.1) is 11.8 Å². The van der Waals surface area contributed by atoms with Crippen LogP contribution in [0.1, 0.15) is 18.1 Å². The first-order chi connectivity index (χ1) is 8.38. The molecule has 18 heavy (non-hydrogen) atoms. The standard InChI is InChI=1S/C13H19N3OS/c1-7(6-11(14)15)12(16)9-4-5-10(18-3)8(2)13(9)17/h4-6,17H,14-16H2,1-3H3/b12-7-. The van der Waals surface area contributed by atoms with Gasteiger partial charge < -0.3 is 22.3 Å². The Morgan fingerprint density at radius 1 is 1.28 bits per heavy atom. The second-order valence-corrected chi connectivity index (χ2v) is 4.88. The minimum atomic E-state index is 0.187. The molecule has 0 aliphatic heterocycles. The first kappa shape index (κ1) is 14.3. The van der Waals surface area contributed by atoms with Crippen molar-refractivity contribution in [3.05, 3.63) is 40.7 Å². The van der Waals surface area contributed by atoms with Crippen molar-refractivity contribution in [2.24, 2.45) is 17.2 Å². The highest BCUT2D eigenvalue weighted by Gasteiger charge is 2.11. The van der Waals surface area contributed by atoms with Crippen molar-refractivity contribution in [1.29, 1.82) is 0 Å². The van der Waals surface area contributed by atoms with E-state index in [0.717, 1.165) is 16.0 Å². The zero-order chi connectivity index (χ0) is 13.9. The van der Waals surface area contributed by atoms with Gasteiger partial charge in [-0.3, -0.25) is 0 Å². The molecule has 0 amide bonds. The van der Waals surface area contributed by atoms with E-state index in [0.29, 0.717) is 11.3 Å². The number of thioether (sulfide) groups is 1. The van der Waals surface area contributed by atoms with Crippen LogP contribution in [0.4, 0.5) is 0 Å². The maximum absolute atomic E-state index is 10.2. The Balaban J connectivity index is 3.35. The Morgan fingerprint density at radius 2 is 1.89 bits per heavy atom. The van der Waals surface area contributed by atoms with Crippen LogP contribution >= 0.6 is 11.8 Å². The zero-order valence-corrected chi connectivity index (χ0v) is 11.6. The minimum absolute atomic E-state index is 0.187. The molecule has 0 saturated heterocycles. The molecule has 0 spiro atoms. The molecule has 0 bridgehead atoms. The largest absolute Gasteiger partial charge is 0.507 e. The summed E-state index contributed by atoms with van der Waals surface area (Å²) < 4.78 is 0. The second kappa shape index (κ2) is 5.73. The number of benzene rings is 1. The fourth-order valence-electron chi connectivity index (χ4n) is 1.66. The number of aromatic hydroxyl groups is 1. The summed E-state index contributed by atoms with van der Waals surface area (Å²) in [4.78, 5) is 1.02. The molecule has 0 heterocycles. The van der Waals surface area contributed by atoms with E-state index >= 15 is 0 Å². The van der Waals surface area contributed by atoms with Crippen LogP contribution < -0.4 is 17.2 Å². The van der Waals surface area contributed by atoms with Crippen LogP contribution in [0.2, 0.25) is 0 Å². The molecule has 1 aromatic rings. The highest BCUT2D eigenvalue weighted by atomic mass is 32.2. The third-order valence-electron chi connectivity index (χ3n) is 2.70. The zero-order valence-electron chi connectivity index (χ0n) is 10.8. The Kier molecular flexibility index (Phi) is 4.55. The summed E-state index contributed by atoms with van der Waals surface area (Å²) in [5.74, 6) is 0.384. The Bertz CT molecular complexity index is 517. The van der Waals surface area contributed by atoms with Crippen LogP contribution in [0, 0.1) is 6.92 Å². The molecule has 5 heteroatoms. The monoisotopic (exact) mass is 265 g/mol. The lowest BCUT2D eigenvalue weighted by Gasteiger charge is -2.12. The molecule has 1 aromatic carbocycles. The maximum atomic E-state index is 10.2. The van der Waals surface area contributed by atoms with Gasteiger partial charge >= 0.3 is 0 Å². The van der Waals surface area contributed by atoms with E-state index < -0.39 is 0 Å². The Labute approximate surface area is 112 Å². The van der Waals surface area contributed by atoms with Gasteiger partial charge in [-0.1, -0.05) is 0 Å². The third-order valence-corrected chi connectivity index (χ3v) is 3.58. The summed E-state index contributed by atoms with van der Waals surface area (Å²) in [5.41, 5.74) is 19.4. The van der Waals surface area contributed by atoms with Crippen LogP contribution in [0.3, 0.4) is 0 Å². The fraction of sp³-hybridized carbons (Fsp3) is 0.231. The van der Waals surface area contributed by atoms with Gasteiger partial charge in [0.2, 0.25) is 0 Å². The molecule has 0 radical (unpaired) electrons. The van der Waals surface area contributed by atoms with Crippen LogP contribution in [0.5, 0.6) is 5.75 Å². The lowest BCUT2D eigenvalue weighted by atomic mass is 10.0. The second-order valence-electron chi connectivity index (χ2n) is 4.03. The molecule has 0 atom stereocenters. The van der Waals surface area contributed by atoms with Gasteiger partial charge in [0.25, 0.3) is 0 Å². The fourth-order valence-corrected chi connectivity index (χ4v) is 2.27. The van der Waals surface area contributed by atoms with E-state index in [1.165, 1.54) is 0 Å². The summed E-state index contributed by atoms with van der Waals surface area (Å²) >= 11 is 1.58. The van der Waals surface area contributed by atoms with Gasteiger partial charge in [0, 0.05) is 21.7 Å². The highest BCUT2D eigenvalue weighted by molar-refractivity contribution is 7.98. The van der Waals surface area contributed by atoms with Gasteiger partial charge in [-0.2, -0.15) is 0 Å². The molecular formula is C13H19N3OS. The van der Waals surface area contributed by atoms with Crippen molar-refractivity contribution in [2.75, 3.05) is 6.26 Å². The maximum Gasteiger partial charge on any atom is 0.128 e. The summed E-state index contributed by atoms with van der Waals surface area (Å²) in [6.07, 6.45) is 3.54. The molecule has 0 aliphatic rings. The van der Waals surface area contributed by atoms with E-state index in [2.05, 4.69) is 0 Å². The molecule has 0 aromatic heterocycles. The van der Waals surface area contributed by atoms with Gasteiger partial charge in [0.05, 0.1) is 5.82 Å². The van der Waals surface area contributed by atoms with Crippen molar-refractivity contribution in [1.82, 2.24) is 0 Å². The Hall–Kier alpha value is -1.75. The van der Waals surface area contributed by atoms with E-state index in [4.69, 9.17) is 17.2 Å². The summed E-state index contributed by atoms with van der Waals surface area (Å²) in [5, 5.41) is 10.2. The molecule has 0 unspecified atom stereocenters. The number of hydrogen-bond donors (Lipinski definition) is 4. The molecule has 98 valence electrons. The van der Waals surface area contributed by atoms with Gasteiger partial charge in [0.1, 0.15) is 5.75 Å². The normalized spacial score (nSPS) is 11.9. The highest BCUT2D eigenvalue weighted by Crippen LogP contribution is 2.33.